The molecule has 0 radical (unpaired) electrons. The second-order valence-corrected chi connectivity index (χ2v) is 9.88. The summed E-state index contributed by atoms with van der Waals surface area (Å²) in [6.07, 6.45) is 8.66. The molecule has 0 aromatic carbocycles. The molecule has 0 unspecified atom stereocenters. The lowest BCUT2D eigenvalue weighted by Gasteiger charge is -2.65. The molecule has 4 aliphatic carbocycles. The molecule has 0 amide bonds. The zero-order chi connectivity index (χ0) is 17.4. The highest BCUT2D eigenvalue weighted by molar-refractivity contribution is 5.75. The van der Waals surface area contributed by atoms with Crippen LogP contribution in [0.3, 0.4) is 0 Å². The molecule has 4 fully saturated rings. The smallest absolute Gasteiger partial charge is 0.309 e. The lowest BCUT2D eigenvalue weighted by Crippen LogP contribution is -2.60. The van der Waals surface area contributed by atoms with Crippen LogP contribution < -0.4 is 0 Å². The minimum absolute atomic E-state index is 0.0623. The number of aliphatic carboxylic acids is 1. The van der Waals surface area contributed by atoms with Gasteiger partial charge in [-0.1, -0.05) is 13.3 Å². The van der Waals surface area contributed by atoms with Crippen LogP contribution in [0.4, 0.5) is 0 Å². The molecule has 7 atom stereocenters. The molecule has 136 valence electrons. The molecule has 2 bridgehead atoms. The average Bonchev–Trinajstić information content (AvgIpc) is 2.89. The van der Waals surface area contributed by atoms with Crippen molar-refractivity contribution in [1.29, 1.82) is 0 Å². The number of hydrogen-bond acceptors (Lipinski definition) is 3. The van der Waals surface area contributed by atoms with Crippen LogP contribution in [0.5, 0.6) is 0 Å². The number of aliphatic hydroxyl groups is 2. The van der Waals surface area contributed by atoms with Gasteiger partial charge in [0.05, 0.1) is 17.6 Å². The zero-order valence-corrected chi connectivity index (χ0v) is 15.1. The third-order valence-electron chi connectivity index (χ3n) is 9.36. The minimum atomic E-state index is -0.904. The molecule has 3 N–H and O–H groups in total. The highest BCUT2D eigenvalue weighted by atomic mass is 16.4. The van der Waals surface area contributed by atoms with Crippen LogP contribution >= 0.6 is 0 Å². The van der Waals surface area contributed by atoms with E-state index in [1.807, 2.05) is 6.92 Å². The van der Waals surface area contributed by atoms with Crippen LogP contribution in [0, 0.1) is 34.0 Å². The van der Waals surface area contributed by atoms with Crippen molar-refractivity contribution in [2.45, 2.75) is 77.2 Å². The Kier molecular flexibility index (Phi) is 3.49. The van der Waals surface area contributed by atoms with Gasteiger partial charge in [-0.05, 0) is 86.9 Å². The maximum Gasteiger partial charge on any atom is 0.309 e. The van der Waals surface area contributed by atoms with Gasteiger partial charge >= 0.3 is 5.97 Å². The Labute approximate surface area is 144 Å². The van der Waals surface area contributed by atoms with E-state index in [0.29, 0.717) is 12.3 Å². The summed E-state index contributed by atoms with van der Waals surface area (Å²) in [5, 5.41) is 30.5. The third kappa shape index (κ3) is 1.79. The lowest BCUT2D eigenvalue weighted by atomic mass is 9.39. The number of hydrogen-bond donors (Lipinski definition) is 3. The van der Waals surface area contributed by atoms with E-state index in [0.717, 1.165) is 51.4 Å². The summed E-state index contributed by atoms with van der Waals surface area (Å²) in [6.45, 7) is 4.22. The zero-order valence-electron chi connectivity index (χ0n) is 15.1. The maximum absolute atomic E-state index is 12.1. The fraction of sp³-hybridized carbons (Fsp3) is 0.950. The van der Waals surface area contributed by atoms with Crippen molar-refractivity contribution >= 4 is 5.97 Å². The van der Waals surface area contributed by atoms with Crippen LogP contribution in [-0.2, 0) is 4.79 Å². The predicted molar refractivity (Wildman–Crippen MR) is 90.3 cm³/mol. The van der Waals surface area contributed by atoms with Crippen molar-refractivity contribution in [3.8, 4) is 0 Å². The summed E-state index contributed by atoms with van der Waals surface area (Å²) >= 11 is 0. The summed E-state index contributed by atoms with van der Waals surface area (Å²) in [5.74, 6) is 0.410. The quantitative estimate of drug-likeness (QED) is 0.723. The lowest BCUT2D eigenvalue weighted by molar-refractivity contribution is -0.195. The topological polar surface area (TPSA) is 77.8 Å². The Morgan fingerprint density at radius 3 is 2.50 bits per heavy atom. The third-order valence-corrected chi connectivity index (χ3v) is 9.36. The first-order valence-electron chi connectivity index (χ1n) is 9.78. The van der Waals surface area contributed by atoms with E-state index >= 15 is 0 Å². The molecule has 4 saturated carbocycles. The fourth-order valence-corrected chi connectivity index (χ4v) is 7.94. The largest absolute Gasteiger partial charge is 0.481 e. The Balaban J connectivity index is 1.75. The summed E-state index contributed by atoms with van der Waals surface area (Å²) in [4.78, 5) is 12.1. The standard InChI is InChI=1S/C20H32O4/c1-17(16(22)23)6-3-7-18(2)15(17)5-4-13-10-14-11-19(13,18)8-9-20(14,24)12-21/h13-15,21,24H,3-12H2,1-2H3,(H,22,23)/t13-,14+,15-,17+,18-,19-,20-/m0/s1. The van der Waals surface area contributed by atoms with E-state index in [-0.39, 0.29) is 29.3 Å². The summed E-state index contributed by atoms with van der Waals surface area (Å²) in [5.41, 5.74) is -1.26. The van der Waals surface area contributed by atoms with E-state index in [1.54, 1.807) is 0 Å². The van der Waals surface area contributed by atoms with Gasteiger partial charge in [-0.2, -0.15) is 0 Å². The Bertz CT molecular complexity index is 562. The van der Waals surface area contributed by atoms with Crippen molar-refractivity contribution in [1.82, 2.24) is 0 Å². The Hall–Kier alpha value is -0.610. The Morgan fingerprint density at radius 1 is 1.08 bits per heavy atom. The first kappa shape index (κ1) is 16.8. The van der Waals surface area contributed by atoms with Gasteiger partial charge in [0.15, 0.2) is 0 Å². The molecule has 4 nitrogen and oxygen atoms in total. The van der Waals surface area contributed by atoms with Gasteiger partial charge in [0.25, 0.3) is 0 Å². The molecule has 0 aromatic rings. The van der Waals surface area contributed by atoms with Crippen LogP contribution in [0.15, 0.2) is 0 Å². The van der Waals surface area contributed by atoms with Crippen molar-refractivity contribution < 1.29 is 20.1 Å². The molecule has 4 heteroatoms. The number of carboxylic acids is 1. The van der Waals surface area contributed by atoms with Crippen molar-refractivity contribution in [2.75, 3.05) is 6.61 Å². The molecular formula is C20H32O4. The van der Waals surface area contributed by atoms with Crippen LogP contribution in [0.25, 0.3) is 0 Å². The van der Waals surface area contributed by atoms with Crippen LogP contribution in [0.1, 0.15) is 71.6 Å². The van der Waals surface area contributed by atoms with E-state index in [1.165, 1.54) is 0 Å². The molecule has 0 aromatic heterocycles. The van der Waals surface area contributed by atoms with Gasteiger partial charge in [-0.25, -0.2) is 0 Å². The summed E-state index contributed by atoms with van der Waals surface area (Å²) < 4.78 is 0. The predicted octanol–water partition coefficient (Wildman–Crippen LogP) is 3.21. The second kappa shape index (κ2) is 4.97. The summed E-state index contributed by atoms with van der Waals surface area (Å²) in [6, 6.07) is 0. The Morgan fingerprint density at radius 2 is 1.83 bits per heavy atom. The normalized spacial score (nSPS) is 56.4. The molecule has 4 rings (SSSR count). The van der Waals surface area contributed by atoms with E-state index in [4.69, 9.17) is 0 Å². The SMILES string of the molecule is C[C@@]1(C(=O)O)CCC[C@@]2(C)[C@H]1CC[C@H]1C[C@@H]3C[C@@]12CC[C@]3(O)CO. The van der Waals surface area contributed by atoms with Crippen molar-refractivity contribution in [2.24, 2.45) is 34.0 Å². The second-order valence-electron chi connectivity index (χ2n) is 9.88. The monoisotopic (exact) mass is 336 g/mol. The van der Waals surface area contributed by atoms with Gasteiger partial charge in [0.2, 0.25) is 0 Å². The average molecular weight is 336 g/mol. The van der Waals surface area contributed by atoms with E-state index in [9.17, 15) is 20.1 Å². The number of rotatable bonds is 2. The van der Waals surface area contributed by atoms with Crippen molar-refractivity contribution in [3.05, 3.63) is 0 Å². The highest BCUT2D eigenvalue weighted by Gasteiger charge is 2.70. The van der Waals surface area contributed by atoms with Gasteiger partial charge < -0.3 is 15.3 Å². The first-order chi connectivity index (χ1) is 11.2. The maximum atomic E-state index is 12.1. The molecule has 4 aliphatic rings. The van der Waals surface area contributed by atoms with Crippen LogP contribution in [-0.4, -0.2) is 33.5 Å². The number of carbonyl (C=O) groups is 1. The number of aliphatic hydroxyl groups excluding tert-OH is 1. The first-order valence-corrected chi connectivity index (χ1v) is 9.78. The number of fused-ring (bicyclic) bond motifs is 2. The molecule has 0 heterocycles. The van der Waals surface area contributed by atoms with Gasteiger partial charge in [0, 0.05) is 0 Å². The van der Waals surface area contributed by atoms with Gasteiger partial charge in [-0.15, -0.1) is 0 Å². The minimum Gasteiger partial charge on any atom is -0.481 e. The molecule has 0 aliphatic heterocycles. The molecular weight excluding hydrogens is 304 g/mol. The highest BCUT2D eigenvalue weighted by Crippen LogP contribution is 2.75. The van der Waals surface area contributed by atoms with Gasteiger partial charge in [-0.3, -0.25) is 4.79 Å². The fourth-order valence-electron chi connectivity index (χ4n) is 7.94. The van der Waals surface area contributed by atoms with Gasteiger partial charge in [0.1, 0.15) is 0 Å². The van der Waals surface area contributed by atoms with E-state index < -0.39 is 17.0 Å². The van der Waals surface area contributed by atoms with E-state index in [2.05, 4.69) is 6.92 Å². The van der Waals surface area contributed by atoms with Crippen LogP contribution in [0.2, 0.25) is 0 Å². The summed E-state index contributed by atoms with van der Waals surface area (Å²) in [7, 11) is 0. The number of carboxylic acid groups (broad SMARTS) is 1. The molecule has 1 spiro atoms. The molecule has 0 saturated heterocycles. The molecule has 24 heavy (non-hydrogen) atoms. The van der Waals surface area contributed by atoms with Crippen molar-refractivity contribution in [3.63, 3.8) is 0 Å².